The summed E-state index contributed by atoms with van der Waals surface area (Å²) in [5, 5.41) is 4.02. The molecule has 33 heavy (non-hydrogen) atoms. The van der Waals surface area contributed by atoms with E-state index in [2.05, 4.69) is 15.1 Å². The lowest BCUT2D eigenvalue weighted by Gasteiger charge is -2.20. The lowest BCUT2D eigenvalue weighted by molar-refractivity contribution is -0.139. The first kappa shape index (κ1) is 22.4. The van der Waals surface area contributed by atoms with Gasteiger partial charge in [0.15, 0.2) is 0 Å². The standard InChI is InChI=1S/C22H13ClF4N4O2/c1-12(32)31(17-8-3-2-7-15(17)23)21-18(16-9-10-28-11-29-16)20(30-33-21)13-5-4-6-14(19(13)24)22(25,26)27/h2-11H,1H3. The summed E-state index contributed by atoms with van der Waals surface area (Å²) in [7, 11) is 0. The predicted molar refractivity (Wildman–Crippen MR) is 112 cm³/mol. The molecule has 2 aromatic heterocycles. The third-order valence-corrected chi connectivity index (χ3v) is 5.00. The van der Waals surface area contributed by atoms with Crippen molar-refractivity contribution < 1.29 is 26.9 Å². The maximum Gasteiger partial charge on any atom is 0.419 e. The number of anilines is 2. The van der Waals surface area contributed by atoms with Crippen LogP contribution in [-0.4, -0.2) is 21.0 Å². The third kappa shape index (κ3) is 4.17. The Labute approximate surface area is 189 Å². The summed E-state index contributed by atoms with van der Waals surface area (Å²) in [6.45, 7) is 1.24. The maximum absolute atomic E-state index is 15.0. The second kappa shape index (κ2) is 8.62. The van der Waals surface area contributed by atoms with Gasteiger partial charge >= 0.3 is 6.18 Å². The first-order valence-electron chi connectivity index (χ1n) is 9.37. The van der Waals surface area contributed by atoms with E-state index in [1.807, 2.05) is 0 Å². The zero-order valence-corrected chi connectivity index (χ0v) is 17.5. The monoisotopic (exact) mass is 476 g/mol. The Bertz CT molecular complexity index is 1330. The summed E-state index contributed by atoms with van der Waals surface area (Å²) < 4.78 is 60.3. The van der Waals surface area contributed by atoms with Crippen LogP contribution in [0.5, 0.6) is 0 Å². The number of hydrogen-bond donors (Lipinski definition) is 0. The molecule has 0 unspecified atom stereocenters. The molecule has 1 amide bonds. The number of benzene rings is 2. The highest BCUT2D eigenvalue weighted by molar-refractivity contribution is 6.34. The van der Waals surface area contributed by atoms with Gasteiger partial charge in [-0.05, 0) is 30.3 Å². The average Bonchev–Trinajstić information content (AvgIpc) is 3.19. The van der Waals surface area contributed by atoms with Crippen molar-refractivity contribution in [3.63, 3.8) is 0 Å². The second-order valence-corrected chi connectivity index (χ2v) is 7.18. The fourth-order valence-electron chi connectivity index (χ4n) is 3.28. The van der Waals surface area contributed by atoms with Gasteiger partial charge in [-0.3, -0.25) is 4.79 Å². The summed E-state index contributed by atoms with van der Waals surface area (Å²) in [5.41, 5.74) is -1.85. The van der Waals surface area contributed by atoms with Gasteiger partial charge in [-0.25, -0.2) is 19.3 Å². The van der Waals surface area contributed by atoms with Gasteiger partial charge in [-0.15, -0.1) is 0 Å². The van der Waals surface area contributed by atoms with Crippen LogP contribution in [0.25, 0.3) is 22.5 Å². The van der Waals surface area contributed by atoms with E-state index in [0.717, 1.165) is 17.0 Å². The molecule has 6 nitrogen and oxygen atoms in total. The van der Waals surface area contributed by atoms with Crippen molar-refractivity contribution in [1.29, 1.82) is 0 Å². The topological polar surface area (TPSA) is 72.1 Å². The van der Waals surface area contributed by atoms with Gasteiger partial charge in [0, 0.05) is 18.7 Å². The molecule has 168 valence electrons. The molecule has 11 heteroatoms. The Morgan fingerprint density at radius 1 is 1.09 bits per heavy atom. The number of para-hydroxylation sites is 1. The van der Waals surface area contributed by atoms with Crippen LogP contribution in [0.3, 0.4) is 0 Å². The van der Waals surface area contributed by atoms with E-state index in [9.17, 15) is 22.4 Å². The van der Waals surface area contributed by atoms with Crippen molar-refractivity contribution in [3.05, 3.63) is 77.5 Å². The number of alkyl halides is 3. The molecular formula is C22H13ClF4N4O2. The number of nitrogens with zero attached hydrogens (tertiary/aromatic N) is 4. The summed E-state index contributed by atoms with van der Waals surface area (Å²) in [6.07, 6.45) is -2.37. The smallest absolute Gasteiger partial charge is 0.336 e. The molecule has 4 aromatic rings. The summed E-state index contributed by atoms with van der Waals surface area (Å²) >= 11 is 6.26. The van der Waals surface area contributed by atoms with E-state index < -0.39 is 29.0 Å². The molecule has 0 N–H and O–H groups in total. The lowest BCUT2D eigenvalue weighted by atomic mass is 10.0. The molecule has 2 heterocycles. The molecule has 0 atom stereocenters. The van der Waals surface area contributed by atoms with Crippen molar-refractivity contribution in [3.8, 4) is 22.5 Å². The number of carbonyl (C=O) groups excluding carboxylic acids is 1. The number of halogens is 5. The van der Waals surface area contributed by atoms with Crippen LogP contribution in [0.2, 0.25) is 5.02 Å². The van der Waals surface area contributed by atoms with Gasteiger partial charge in [0.2, 0.25) is 11.8 Å². The first-order valence-corrected chi connectivity index (χ1v) is 9.75. The van der Waals surface area contributed by atoms with Crippen LogP contribution < -0.4 is 4.90 Å². The number of hydrogen-bond acceptors (Lipinski definition) is 5. The zero-order valence-electron chi connectivity index (χ0n) is 16.8. The summed E-state index contributed by atoms with van der Waals surface area (Å²) in [5.74, 6) is -2.26. The minimum Gasteiger partial charge on any atom is -0.336 e. The van der Waals surface area contributed by atoms with Crippen LogP contribution in [-0.2, 0) is 11.0 Å². The number of aromatic nitrogens is 3. The molecule has 0 bridgehead atoms. The Balaban J connectivity index is 2.02. The Morgan fingerprint density at radius 3 is 2.48 bits per heavy atom. The maximum atomic E-state index is 15.0. The van der Waals surface area contributed by atoms with Crippen LogP contribution in [0.1, 0.15) is 12.5 Å². The van der Waals surface area contributed by atoms with Gasteiger partial charge in [-0.2, -0.15) is 13.2 Å². The molecule has 0 aliphatic heterocycles. The van der Waals surface area contributed by atoms with Crippen LogP contribution >= 0.6 is 11.6 Å². The van der Waals surface area contributed by atoms with Crippen LogP contribution in [0, 0.1) is 5.82 Å². The van der Waals surface area contributed by atoms with E-state index >= 15 is 0 Å². The average molecular weight is 477 g/mol. The fourth-order valence-corrected chi connectivity index (χ4v) is 3.50. The van der Waals surface area contributed by atoms with Crippen molar-refractivity contribution in [2.45, 2.75) is 13.1 Å². The molecule has 0 radical (unpaired) electrons. The molecule has 2 aromatic carbocycles. The molecule has 4 rings (SSSR count). The van der Waals surface area contributed by atoms with Gasteiger partial charge in [-0.1, -0.05) is 35.0 Å². The Kier molecular flexibility index (Phi) is 5.86. The highest BCUT2D eigenvalue weighted by atomic mass is 35.5. The highest BCUT2D eigenvalue weighted by Gasteiger charge is 2.37. The van der Waals surface area contributed by atoms with Crippen molar-refractivity contribution >= 4 is 29.1 Å². The van der Waals surface area contributed by atoms with E-state index in [1.54, 1.807) is 24.3 Å². The van der Waals surface area contributed by atoms with Crippen molar-refractivity contribution in [2.24, 2.45) is 0 Å². The normalized spacial score (nSPS) is 11.5. The number of carbonyl (C=O) groups is 1. The lowest BCUT2D eigenvalue weighted by Crippen LogP contribution is -2.23. The zero-order chi connectivity index (χ0) is 23.8. The minimum absolute atomic E-state index is 0.00857. The second-order valence-electron chi connectivity index (χ2n) is 6.78. The summed E-state index contributed by atoms with van der Waals surface area (Å²) in [6, 6.07) is 10.6. The van der Waals surface area contributed by atoms with Crippen LogP contribution in [0.15, 0.2) is 65.6 Å². The van der Waals surface area contributed by atoms with E-state index in [4.69, 9.17) is 16.1 Å². The number of amides is 1. The molecule has 0 aliphatic carbocycles. The van der Waals surface area contributed by atoms with E-state index in [-0.39, 0.29) is 33.5 Å². The fraction of sp³-hybridized carbons (Fsp3) is 0.0909. The van der Waals surface area contributed by atoms with Crippen LogP contribution in [0.4, 0.5) is 29.1 Å². The van der Waals surface area contributed by atoms with E-state index in [0.29, 0.717) is 6.07 Å². The van der Waals surface area contributed by atoms with Gasteiger partial charge < -0.3 is 4.52 Å². The summed E-state index contributed by atoms with van der Waals surface area (Å²) in [4.78, 5) is 21.6. The van der Waals surface area contributed by atoms with Crippen molar-refractivity contribution in [1.82, 2.24) is 15.1 Å². The minimum atomic E-state index is -4.93. The van der Waals surface area contributed by atoms with Gasteiger partial charge in [0.05, 0.1) is 27.5 Å². The molecule has 0 fully saturated rings. The van der Waals surface area contributed by atoms with Gasteiger partial charge in [0.1, 0.15) is 17.8 Å². The molecule has 0 saturated carbocycles. The first-order chi connectivity index (χ1) is 15.7. The largest absolute Gasteiger partial charge is 0.419 e. The Hall–Kier alpha value is -3.79. The van der Waals surface area contributed by atoms with Gasteiger partial charge in [0.25, 0.3) is 0 Å². The Morgan fingerprint density at radius 2 is 1.85 bits per heavy atom. The predicted octanol–water partition coefficient (Wildman–Crippen LogP) is 6.29. The molecule has 0 saturated heterocycles. The highest BCUT2D eigenvalue weighted by Crippen LogP contribution is 2.44. The van der Waals surface area contributed by atoms with Crippen molar-refractivity contribution in [2.75, 3.05) is 4.90 Å². The molecule has 0 spiro atoms. The third-order valence-electron chi connectivity index (χ3n) is 4.68. The molecular weight excluding hydrogens is 464 g/mol. The van der Waals surface area contributed by atoms with E-state index in [1.165, 1.54) is 25.5 Å². The molecule has 0 aliphatic rings. The number of rotatable bonds is 4. The quantitative estimate of drug-likeness (QED) is 0.323. The SMILES string of the molecule is CC(=O)N(c1ccccc1Cl)c1onc(-c2cccc(C(F)(F)F)c2F)c1-c1ccncn1.